The number of rotatable bonds is 7. The molecule has 0 atom stereocenters. The van der Waals surface area contributed by atoms with E-state index in [4.69, 9.17) is 10.9 Å². The number of nitrogens with one attached hydrogen (secondary N) is 2. The Morgan fingerprint density at radius 3 is 2.48 bits per heavy atom. The second-order valence-electron chi connectivity index (χ2n) is 5.45. The highest BCUT2D eigenvalue weighted by molar-refractivity contribution is 5.42. The van der Waals surface area contributed by atoms with Gasteiger partial charge in [-0.2, -0.15) is 18.2 Å². The van der Waals surface area contributed by atoms with Gasteiger partial charge in [-0.1, -0.05) is 13.8 Å². The lowest BCUT2D eigenvalue weighted by Crippen LogP contribution is -2.25. The number of nitrogen functional groups attached to an aromatic ring is 1. The third kappa shape index (κ3) is 5.72. The van der Waals surface area contributed by atoms with Crippen molar-refractivity contribution in [3.05, 3.63) is 11.8 Å². The van der Waals surface area contributed by atoms with E-state index in [-0.39, 0.29) is 23.8 Å². The molecule has 1 aromatic rings. The number of nitrogens with zero attached hydrogens (tertiary/aromatic N) is 2. The van der Waals surface area contributed by atoms with Gasteiger partial charge in [-0.3, -0.25) is 5.43 Å². The number of hydrazine groups is 1. The molecule has 0 aliphatic carbocycles. The van der Waals surface area contributed by atoms with Crippen molar-refractivity contribution in [3.8, 4) is 0 Å². The number of alkyl halides is 3. The van der Waals surface area contributed by atoms with Crippen LogP contribution in [0.2, 0.25) is 0 Å². The predicted octanol–water partition coefficient (Wildman–Crippen LogP) is 1.99. The fraction of sp³-hybridized carbons (Fsp3) is 0.667. The number of aliphatic hydroxyl groups is 1. The SMILES string of the molecule is CC(C)(CCCO)CNc1cc(C(F)(F)F)nc(NN)n1. The van der Waals surface area contributed by atoms with Gasteiger partial charge in [0.2, 0.25) is 5.95 Å². The zero-order chi connectivity index (χ0) is 16.1. The maximum atomic E-state index is 12.7. The van der Waals surface area contributed by atoms with E-state index in [1.54, 1.807) is 0 Å². The third-order valence-electron chi connectivity index (χ3n) is 2.91. The van der Waals surface area contributed by atoms with Gasteiger partial charge in [0.15, 0.2) is 5.69 Å². The Morgan fingerprint density at radius 2 is 1.95 bits per heavy atom. The van der Waals surface area contributed by atoms with Gasteiger partial charge < -0.3 is 10.4 Å². The van der Waals surface area contributed by atoms with E-state index in [0.29, 0.717) is 13.0 Å². The lowest BCUT2D eigenvalue weighted by Gasteiger charge is -2.25. The first-order valence-electron chi connectivity index (χ1n) is 6.45. The van der Waals surface area contributed by atoms with Crippen LogP contribution in [0.1, 0.15) is 32.4 Å². The molecule has 0 saturated heterocycles. The summed E-state index contributed by atoms with van der Waals surface area (Å²) in [7, 11) is 0. The van der Waals surface area contributed by atoms with Crippen LogP contribution in [-0.4, -0.2) is 28.2 Å². The minimum absolute atomic E-state index is 0.0438. The first-order valence-corrected chi connectivity index (χ1v) is 6.45. The molecule has 6 nitrogen and oxygen atoms in total. The highest BCUT2D eigenvalue weighted by Crippen LogP contribution is 2.30. The van der Waals surface area contributed by atoms with Gasteiger partial charge >= 0.3 is 6.18 Å². The number of halogens is 3. The maximum absolute atomic E-state index is 12.7. The van der Waals surface area contributed by atoms with Gasteiger partial charge in [-0.25, -0.2) is 10.8 Å². The van der Waals surface area contributed by atoms with E-state index in [1.807, 2.05) is 19.3 Å². The molecule has 21 heavy (non-hydrogen) atoms. The van der Waals surface area contributed by atoms with Gasteiger partial charge in [0.1, 0.15) is 5.82 Å². The largest absolute Gasteiger partial charge is 0.433 e. The quantitative estimate of drug-likeness (QED) is 0.454. The van der Waals surface area contributed by atoms with Crippen LogP contribution >= 0.6 is 0 Å². The molecular formula is C12H20F3N5O. The lowest BCUT2D eigenvalue weighted by molar-refractivity contribution is -0.141. The fourth-order valence-electron chi connectivity index (χ4n) is 1.72. The second kappa shape index (κ2) is 6.90. The molecule has 0 aliphatic rings. The molecule has 120 valence electrons. The second-order valence-corrected chi connectivity index (χ2v) is 5.45. The Hall–Kier alpha value is -1.61. The van der Waals surface area contributed by atoms with Crippen molar-refractivity contribution in [2.75, 3.05) is 23.9 Å². The number of aromatic nitrogens is 2. The van der Waals surface area contributed by atoms with Crippen molar-refractivity contribution in [1.29, 1.82) is 0 Å². The molecule has 0 bridgehead atoms. The molecule has 0 unspecified atom stereocenters. The molecule has 5 N–H and O–H groups in total. The van der Waals surface area contributed by atoms with Crippen molar-refractivity contribution in [2.45, 2.75) is 32.9 Å². The Morgan fingerprint density at radius 1 is 1.29 bits per heavy atom. The van der Waals surface area contributed by atoms with E-state index in [2.05, 4.69) is 15.3 Å². The zero-order valence-corrected chi connectivity index (χ0v) is 12.0. The first kappa shape index (κ1) is 17.4. The molecule has 0 spiro atoms. The van der Waals surface area contributed by atoms with Crippen molar-refractivity contribution in [1.82, 2.24) is 9.97 Å². The van der Waals surface area contributed by atoms with Gasteiger partial charge in [0, 0.05) is 19.2 Å². The molecule has 0 fully saturated rings. The van der Waals surface area contributed by atoms with Crippen LogP contribution in [0.5, 0.6) is 0 Å². The predicted molar refractivity (Wildman–Crippen MR) is 73.4 cm³/mol. The van der Waals surface area contributed by atoms with E-state index in [1.165, 1.54) is 0 Å². The van der Waals surface area contributed by atoms with Gasteiger partial charge in [-0.15, -0.1) is 0 Å². The summed E-state index contributed by atoms with van der Waals surface area (Å²) in [4.78, 5) is 7.11. The molecule has 0 aliphatic heterocycles. The molecule has 0 saturated carbocycles. The molecule has 1 rings (SSSR count). The summed E-state index contributed by atoms with van der Waals surface area (Å²) >= 11 is 0. The molecule has 0 aromatic carbocycles. The number of aliphatic hydroxyl groups excluding tert-OH is 1. The number of hydrogen-bond donors (Lipinski definition) is 4. The van der Waals surface area contributed by atoms with E-state index >= 15 is 0 Å². The Labute approximate surface area is 120 Å². The zero-order valence-electron chi connectivity index (χ0n) is 12.0. The normalized spacial score (nSPS) is 12.3. The summed E-state index contributed by atoms with van der Waals surface area (Å²) in [5.74, 6) is 4.82. The summed E-state index contributed by atoms with van der Waals surface area (Å²) < 4.78 is 38.1. The highest BCUT2D eigenvalue weighted by Gasteiger charge is 2.33. The summed E-state index contributed by atoms with van der Waals surface area (Å²) in [6, 6.07) is 0.836. The smallest absolute Gasteiger partial charge is 0.396 e. The number of anilines is 2. The van der Waals surface area contributed by atoms with Gasteiger partial charge in [0.25, 0.3) is 0 Å². The van der Waals surface area contributed by atoms with Gasteiger partial charge in [0.05, 0.1) is 0 Å². The summed E-state index contributed by atoms with van der Waals surface area (Å²) in [6.07, 6.45) is -3.21. The van der Waals surface area contributed by atoms with Crippen molar-refractivity contribution < 1.29 is 18.3 Å². The van der Waals surface area contributed by atoms with Crippen LogP contribution in [0, 0.1) is 5.41 Å². The molecular weight excluding hydrogens is 287 g/mol. The van der Waals surface area contributed by atoms with E-state index in [9.17, 15) is 13.2 Å². The minimum atomic E-state index is -4.57. The fourth-order valence-corrected chi connectivity index (χ4v) is 1.72. The average molecular weight is 307 g/mol. The third-order valence-corrected chi connectivity index (χ3v) is 2.91. The van der Waals surface area contributed by atoms with Crippen LogP contribution in [0.3, 0.4) is 0 Å². The van der Waals surface area contributed by atoms with Crippen LogP contribution < -0.4 is 16.6 Å². The molecule has 0 radical (unpaired) electrons. The Bertz CT molecular complexity index is 465. The number of nitrogens with two attached hydrogens (primary N) is 1. The highest BCUT2D eigenvalue weighted by atomic mass is 19.4. The van der Waals surface area contributed by atoms with Crippen LogP contribution in [-0.2, 0) is 6.18 Å². The van der Waals surface area contributed by atoms with Crippen LogP contribution in [0.15, 0.2) is 6.07 Å². The van der Waals surface area contributed by atoms with E-state index in [0.717, 1.165) is 12.5 Å². The molecule has 1 heterocycles. The summed E-state index contributed by atoms with van der Waals surface area (Å²) in [5.41, 5.74) is 0.756. The molecule has 9 heteroatoms. The topological polar surface area (TPSA) is 96.1 Å². The Kier molecular flexibility index (Phi) is 5.73. The standard InChI is InChI=1S/C12H20F3N5O/c1-11(2,4-3-5-21)7-17-9-6-8(12(13,14)15)18-10(19-9)20-16/h6,21H,3-5,7,16H2,1-2H3,(H2,17,18,19,20). The lowest BCUT2D eigenvalue weighted by atomic mass is 9.88. The van der Waals surface area contributed by atoms with Crippen LogP contribution in [0.25, 0.3) is 0 Å². The monoisotopic (exact) mass is 307 g/mol. The van der Waals surface area contributed by atoms with Crippen molar-refractivity contribution >= 4 is 11.8 Å². The van der Waals surface area contributed by atoms with Gasteiger partial charge in [-0.05, 0) is 18.3 Å². The van der Waals surface area contributed by atoms with Crippen molar-refractivity contribution in [3.63, 3.8) is 0 Å². The first-order chi connectivity index (χ1) is 9.68. The summed E-state index contributed by atoms with van der Waals surface area (Å²) in [6.45, 7) is 4.38. The molecule has 0 amide bonds. The molecule has 1 aromatic heterocycles. The van der Waals surface area contributed by atoms with E-state index < -0.39 is 11.9 Å². The van der Waals surface area contributed by atoms with Crippen molar-refractivity contribution in [2.24, 2.45) is 11.3 Å². The Balaban J connectivity index is 2.83. The average Bonchev–Trinajstić information content (AvgIpc) is 2.42. The van der Waals surface area contributed by atoms with Crippen LogP contribution in [0.4, 0.5) is 24.9 Å². The maximum Gasteiger partial charge on any atom is 0.433 e. The number of hydrogen-bond acceptors (Lipinski definition) is 6. The minimum Gasteiger partial charge on any atom is -0.396 e. The summed E-state index contributed by atoms with van der Waals surface area (Å²) in [5, 5.41) is 11.7.